The van der Waals surface area contributed by atoms with Gasteiger partial charge in [0.1, 0.15) is 0 Å². The second-order valence-corrected chi connectivity index (χ2v) is 10.7. The minimum atomic E-state index is -3.85. The topological polar surface area (TPSA) is 87.6 Å². The Morgan fingerprint density at radius 2 is 1.64 bits per heavy atom. The first-order valence-electron chi connectivity index (χ1n) is 10.6. The van der Waals surface area contributed by atoms with Gasteiger partial charge in [0.2, 0.25) is 0 Å². The summed E-state index contributed by atoms with van der Waals surface area (Å²) in [7, 11) is -3.85. The van der Waals surface area contributed by atoms with Crippen LogP contribution in [0, 0.1) is 13.8 Å². The fourth-order valence-corrected chi connectivity index (χ4v) is 4.41. The maximum absolute atomic E-state index is 12.8. The van der Waals surface area contributed by atoms with Crippen molar-refractivity contribution in [1.82, 2.24) is 5.43 Å². The van der Waals surface area contributed by atoms with Gasteiger partial charge < -0.3 is 0 Å². The lowest BCUT2D eigenvalue weighted by Gasteiger charge is -2.18. The molecule has 0 radical (unpaired) electrons. The SMILES string of the molecule is Cc1ccc(NS(=O)(=O)c2cccc(C(=O)NN=Cc3ccc(C(C)(C)C)cc3)c2)c(C)c1. The van der Waals surface area contributed by atoms with Crippen LogP contribution in [0.5, 0.6) is 0 Å². The molecule has 0 bridgehead atoms. The molecule has 0 aliphatic heterocycles. The van der Waals surface area contributed by atoms with Crippen LogP contribution >= 0.6 is 0 Å². The number of rotatable bonds is 6. The van der Waals surface area contributed by atoms with Gasteiger partial charge in [-0.15, -0.1) is 0 Å². The Kier molecular flexibility index (Phi) is 7.03. The molecule has 0 atom stereocenters. The monoisotopic (exact) mass is 463 g/mol. The van der Waals surface area contributed by atoms with Gasteiger partial charge in [-0.1, -0.05) is 68.8 Å². The van der Waals surface area contributed by atoms with Gasteiger partial charge in [-0.3, -0.25) is 9.52 Å². The summed E-state index contributed by atoms with van der Waals surface area (Å²) in [5, 5.41) is 4.00. The molecule has 0 saturated heterocycles. The van der Waals surface area contributed by atoms with E-state index >= 15 is 0 Å². The molecule has 0 unspecified atom stereocenters. The number of hydrogen-bond acceptors (Lipinski definition) is 4. The van der Waals surface area contributed by atoms with Gasteiger partial charge in [0.25, 0.3) is 15.9 Å². The molecule has 3 rings (SSSR count). The highest BCUT2D eigenvalue weighted by Gasteiger charge is 2.17. The molecule has 6 nitrogen and oxygen atoms in total. The summed E-state index contributed by atoms with van der Waals surface area (Å²) in [6.07, 6.45) is 1.55. The van der Waals surface area contributed by atoms with Crippen LogP contribution in [0.3, 0.4) is 0 Å². The van der Waals surface area contributed by atoms with Crippen LogP contribution in [0.4, 0.5) is 5.69 Å². The van der Waals surface area contributed by atoms with Gasteiger partial charge in [-0.25, -0.2) is 13.8 Å². The summed E-state index contributed by atoms with van der Waals surface area (Å²) < 4.78 is 28.3. The van der Waals surface area contributed by atoms with Gasteiger partial charge >= 0.3 is 0 Å². The molecular weight excluding hydrogens is 434 g/mol. The number of anilines is 1. The molecule has 0 heterocycles. The first-order chi connectivity index (χ1) is 15.5. The normalized spacial score (nSPS) is 12.0. The van der Waals surface area contributed by atoms with Crippen molar-refractivity contribution in [2.24, 2.45) is 5.10 Å². The molecular formula is C26H29N3O3S. The lowest BCUT2D eigenvalue weighted by molar-refractivity contribution is 0.0955. The van der Waals surface area contributed by atoms with Gasteiger partial charge in [-0.2, -0.15) is 5.10 Å². The van der Waals surface area contributed by atoms with Gasteiger partial charge in [-0.05, 0) is 60.2 Å². The molecule has 0 saturated carbocycles. The molecule has 0 aliphatic rings. The molecule has 0 fully saturated rings. The minimum absolute atomic E-state index is 0.00289. The van der Waals surface area contributed by atoms with Crippen molar-refractivity contribution < 1.29 is 13.2 Å². The molecule has 33 heavy (non-hydrogen) atoms. The summed E-state index contributed by atoms with van der Waals surface area (Å²) in [6.45, 7) is 10.2. The fourth-order valence-electron chi connectivity index (χ4n) is 3.24. The molecule has 0 aromatic heterocycles. The van der Waals surface area contributed by atoms with E-state index in [9.17, 15) is 13.2 Å². The van der Waals surface area contributed by atoms with E-state index in [1.165, 1.54) is 23.8 Å². The Hall–Kier alpha value is -3.45. The van der Waals surface area contributed by atoms with E-state index in [1.54, 1.807) is 18.3 Å². The van der Waals surface area contributed by atoms with Gasteiger partial charge in [0.05, 0.1) is 16.8 Å². The van der Waals surface area contributed by atoms with E-state index in [0.29, 0.717) is 5.69 Å². The average Bonchev–Trinajstić information content (AvgIpc) is 2.75. The van der Waals surface area contributed by atoms with Crippen LogP contribution in [0.1, 0.15) is 53.4 Å². The minimum Gasteiger partial charge on any atom is -0.279 e. The predicted molar refractivity (Wildman–Crippen MR) is 133 cm³/mol. The molecule has 3 aromatic rings. The van der Waals surface area contributed by atoms with E-state index in [1.807, 2.05) is 50.2 Å². The fraction of sp³-hybridized carbons (Fsp3) is 0.231. The van der Waals surface area contributed by atoms with E-state index in [4.69, 9.17) is 0 Å². The summed E-state index contributed by atoms with van der Waals surface area (Å²) in [5.74, 6) is -0.499. The summed E-state index contributed by atoms with van der Waals surface area (Å²) in [4.78, 5) is 12.5. The highest BCUT2D eigenvalue weighted by molar-refractivity contribution is 7.92. The average molecular weight is 464 g/mol. The van der Waals surface area contributed by atoms with E-state index < -0.39 is 15.9 Å². The van der Waals surface area contributed by atoms with Crippen LogP contribution < -0.4 is 10.1 Å². The summed E-state index contributed by atoms with van der Waals surface area (Å²) in [5.41, 5.74) is 7.11. The van der Waals surface area contributed by atoms with Crippen LogP contribution in [-0.2, 0) is 15.4 Å². The number of carbonyl (C=O) groups is 1. The Bertz CT molecular complexity index is 1290. The second kappa shape index (κ2) is 9.58. The van der Waals surface area contributed by atoms with Crippen LogP contribution in [0.15, 0.2) is 76.7 Å². The highest BCUT2D eigenvalue weighted by atomic mass is 32.2. The van der Waals surface area contributed by atoms with Crippen LogP contribution in [0.25, 0.3) is 0 Å². The van der Waals surface area contributed by atoms with Crippen molar-refractivity contribution in [3.63, 3.8) is 0 Å². The van der Waals surface area contributed by atoms with E-state index in [2.05, 4.69) is 36.0 Å². The number of nitrogens with zero attached hydrogens (tertiary/aromatic N) is 1. The highest BCUT2D eigenvalue weighted by Crippen LogP contribution is 2.22. The zero-order chi connectivity index (χ0) is 24.2. The lowest BCUT2D eigenvalue weighted by atomic mass is 9.87. The Morgan fingerprint density at radius 1 is 0.939 bits per heavy atom. The van der Waals surface area contributed by atoms with Gasteiger partial charge in [0, 0.05) is 5.56 Å². The number of hydrazone groups is 1. The zero-order valence-electron chi connectivity index (χ0n) is 19.5. The molecule has 3 aromatic carbocycles. The van der Waals surface area contributed by atoms with Crippen molar-refractivity contribution in [1.29, 1.82) is 0 Å². The zero-order valence-corrected chi connectivity index (χ0v) is 20.3. The maximum Gasteiger partial charge on any atom is 0.271 e. The summed E-state index contributed by atoms with van der Waals surface area (Å²) >= 11 is 0. The number of amides is 1. The standard InChI is InChI=1S/C26H29N3O3S/c1-18-9-14-24(19(2)15-18)29-33(31,32)23-8-6-7-21(16-23)25(30)28-27-17-20-10-12-22(13-11-20)26(3,4)5/h6-17,29H,1-5H3,(H,28,30). The van der Waals surface area contributed by atoms with E-state index in [0.717, 1.165) is 16.7 Å². The number of sulfonamides is 1. The molecule has 7 heteroatoms. The second-order valence-electron chi connectivity index (χ2n) is 9.02. The third kappa shape index (κ3) is 6.29. The summed E-state index contributed by atoms with van der Waals surface area (Å²) in [6, 6.07) is 19.2. The largest absolute Gasteiger partial charge is 0.279 e. The van der Waals surface area contributed by atoms with Gasteiger partial charge in [0.15, 0.2) is 0 Å². The molecule has 2 N–H and O–H groups in total. The number of nitrogens with one attached hydrogen (secondary N) is 2. The van der Waals surface area contributed by atoms with E-state index in [-0.39, 0.29) is 15.9 Å². The number of carbonyl (C=O) groups excluding carboxylic acids is 1. The Morgan fingerprint density at radius 3 is 2.27 bits per heavy atom. The van der Waals surface area contributed by atoms with Crippen molar-refractivity contribution in [3.05, 3.63) is 94.5 Å². The third-order valence-electron chi connectivity index (χ3n) is 5.19. The lowest BCUT2D eigenvalue weighted by Crippen LogP contribution is -2.19. The molecule has 0 aliphatic carbocycles. The number of benzene rings is 3. The van der Waals surface area contributed by atoms with Crippen LogP contribution in [-0.4, -0.2) is 20.5 Å². The molecule has 1 amide bonds. The smallest absolute Gasteiger partial charge is 0.271 e. The van der Waals surface area contributed by atoms with Crippen molar-refractivity contribution in [2.75, 3.05) is 4.72 Å². The number of aryl methyl sites for hydroxylation is 2. The third-order valence-corrected chi connectivity index (χ3v) is 6.55. The quantitative estimate of drug-likeness (QED) is 0.391. The van der Waals surface area contributed by atoms with Crippen molar-refractivity contribution >= 4 is 27.8 Å². The maximum atomic E-state index is 12.8. The molecule has 0 spiro atoms. The van der Waals surface area contributed by atoms with Crippen LogP contribution in [0.2, 0.25) is 0 Å². The first-order valence-corrected chi connectivity index (χ1v) is 12.1. The van der Waals surface area contributed by atoms with Crippen molar-refractivity contribution in [2.45, 2.75) is 44.9 Å². The molecule has 172 valence electrons. The Labute approximate surface area is 195 Å². The van der Waals surface area contributed by atoms with Crippen molar-refractivity contribution in [3.8, 4) is 0 Å². The first kappa shape index (κ1) is 24.2. The Balaban J connectivity index is 1.70. The number of hydrogen-bond donors (Lipinski definition) is 2. The predicted octanol–water partition coefficient (Wildman–Crippen LogP) is 5.17.